The molecule has 10 nitrogen and oxygen atoms in total. The minimum Gasteiger partial charge on any atom is -0.497 e. The zero-order valence-corrected chi connectivity index (χ0v) is 22.0. The topological polar surface area (TPSA) is 107 Å². The van der Waals surface area contributed by atoms with Crippen LogP contribution in [0.25, 0.3) is 0 Å². The first kappa shape index (κ1) is 27.9. The molecule has 0 spiro atoms. The molecule has 43 heavy (non-hydrogen) atoms. The van der Waals surface area contributed by atoms with Crippen LogP contribution in [0.15, 0.2) is 70.0 Å². The smallest absolute Gasteiger partial charge is 0.264 e. The van der Waals surface area contributed by atoms with Gasteiger partial charge < -0.3 is 4.74 Å². The van der Waals surface area contributed by atoms with Gasteiger partial charge in [0.2, 0.25) is 5.82 Å². The van der Waals surface area contributed by atoms with Crippen LogP contribution in [0.3, 0.4) is 0 Å². The van der Waals surface area contributed by atoms with E-state index in [1.807, 2.05) is 30.3 Å². The van der Waals surface area contributed by atoms with E-state index in [1.165, 1.54) is 12.1 Å². The van der Waals surface area contributed by atoms with Crippen LogP contribution in [0.1, 0.15) is 23.6 Å². The van der Waals surface area contributed by atoms with Crippen molar-refractivity contribution in [2.24, 2.45) is 15.4 Å². The number of anilines is 1. The average molecular weight is 598 g/mol. The number of benzene rings is 3. The number of imide groups is 1. The van der Waals surface area contributed by atoms with E-state index in [-0.39, 0.29) is 4.90 Å². The van der Waals surface area contributed by atoms with E-state index >= 15 is 0 Å². The minimum atomic E-state index is -2.45. The largest absolute Gasteiger partial charge is 0.497 e. The maximum absolute atomic E-state index is 14.5. The van der Waals surface area contributed by atoms with Crippen molar-refractivity contribution in [3.63, 3.8) is 0 Å². The molecule has 0 bridgehead atoms. The number of hydrazone groups is 1. The van der Waals surface area contributed by atoms with E-state index < -0.39 is 77.2 Å². The van der Waals surface area contributed by atoms with Crippen LogP contribution in [0.4, 0.5) is 27.6 Å². The first-order valence-electron chi connectivity index (χ1n) is 12.8. The number of carbonyl (C=O) groups is 3. The van der Waals surface area contributed by atoms with Gasteiger partial charge in [0.25, 0.3) is 17.7 Å². The number of carbonyl (C=O) groups excluding carboxylic acids is 3. The van der Waals surface area contributed by atoms with Crippen LogP contribution in [0, 0.1) is 29.1 Å². The lowest BCUT2D eigenvalue weighted by Gasteiger charge is -2.25. The van der Waals surface area contributed by atoms with Gasteiger partial charge in [-0.25, -0.2) is 31.9 Å². The molecule has 220 valence electrons. The van der Waals surface area contributed by atoms with E-state index in [2.05, 4.69) is 15.4 Å². The van der Waals surface area contributed by atoms with E-state index in [4.69, 9.17) is 4.74 Å². The van der Waals surface area contributed by atoms with E-state index in [9.17, 15) is 36.3 Å². The Morgan fingerprint density at radius 1 is 0.884 bits per heavy atom. The van der Waals surface area contributed by atoms with E-state index in [1.54, 1.807) is 24.3 Å². The first-order chi connectivity index (χ1) is 20.6. The fraction of sp³-hybridized carbons (Fsp3) is 0.214. The van der Waals surface area contributed by atoms with Gasteiger partial charge in [-0.3, -0.25) is 19.4 Å². The van der Waals surface area contributed by atoms with Gasteiger partial charge in [-0.1, -0.05) is 47.7 Å². The van der Waals surface area contributed by atoms with E-state index in [0.717, 1.165) is 16.1 Å². The Balaban J connectivity index is 1.29. The Kier molecular flexibility index (Phi) is 6.86. The highest BCUT2D eigenvalue weighted by atomic mass is 19.2. The molecule has 3 atom stereocenters. The van der Waals surface area contributed by atoms with Gasteiger partial charge in [0, 0.05) is 6.42 Å². The molecule has 3 aliphatic rings. The van der Waals surface area contributed by atoms with Gasteiger partial charge in [0.1, 0.15) is 18.0 Å². The lowest BCUT2D eigenvalue weighted by Crippen LogP contribution is -2.45. The molecular weight excluding hydrogens is 579 g/mol. The number of halogens is 5. The quantitative estimate of drug-likeness (QED) is 0.184. The van der Waals surface area contributed by atoms with Gasteiger partial charge in [-0.2, -0.15) is 10.2 Å². The molecule has 0 N–H and O–H groups in total. The third-order valence-electron chi connectivity index (χ3n) is 7.34. The zero-order chi connectivity index (χ0) is 30.6. The molecule has 0 radical (unpaired) electrons. The summed E-state index contributed by atoms with van der Waals surface area (Å²) < 4.78 is 75.5. The summed E-state index contributed by atoms with van der Waals surface area (Å²) in [5.74, 6) is -14.6. The van der Waals surface area contributed by atoms with E-state index in [0.29, 0.717) is 17.9 Å². The summed E-state index contributed by atoms with van der Waals surface area (Å²) in [6.45, 7) is -0.646. The van der Waals surface area contributed by atoms with Crippen molar-refractivity contribution in [1.82, 2.24) is 10.0 Å². The predicted octanol–water partition coefficient (Wildman–Crippen LogP) is 4.06. The van der Waals surface area contributed by atoms with Gasteiger partial charge in [-0.15, -0.1) is 0 Å². The summed E-state index contributed by atoms with van der Waals surface area (Å²) in [6.07, 6.45) is 0.334. The number of nitrogens with zero attached hydrogens (tertiary/aromatic N) is 6. The lowest BCUT2D eigenvalue weighted by atomic mass is 9.98. The van der Waals surface area contributed by atoms with Gasteiger partial charge in [0.05, 0.1) is 18.9 Å². The van der Waals surface area contributed by atoms with Crippen molar-refractivity contribution in [2.45, 2.75) is 24.5 Å². The third-order valence-corrected chi connectivity index (χ3v) is 7.34. The van der Waals surface area contributed by atoms with Gasteiger partial charge >= 0.3 is 0 Å². The van der Waals surface area contributed by atoms with Crippen molar-refractivity contribution in [3.8, 4) is 5.75 Å². The van der Waals surface area contributed by atoms with Gasteiger partial charge in [0.15, 0.2) is 35.4 Å². The number of amides is 3. The van der Waals surface area contributed by atoms with Crippen LogP contribution in [-0.2, 0) is 14.4 Å². The predicted molar refractivity (Wildman–Crippen MR) is 138 cm³/mol. The second-order valence-corrected chi connectivity index (χ2v) is 9.77. The number of hydrogen-bond acceptors (Lipinski definition) is 8. The minimum absolute atomic E-state index is 0.150. The number of ether oxygens (including phenoxy) is 1. The highest BCUT2D eigenvalue weighted by molar-refractivity contribution is 6.25. The fourth-order valence-corrected chi connectivity index (χ4v) is 5.21. The number of rotatable bonds is 6. The van der Waals surface area contributed by atoms with Crippen molar-refractivity contribution >= 4 is 29.1 Å². The summed E-state index contributed by atoms with van der Waals surface area (Å²) in [5.41, 5.74) is 0.361. The second kappa shape index (κ2) is 10.6. The summed E-state index contributed by atoms with van der Waals surface area (Å²) in [7, 11) is 1.51. The maximum atomic E-state index is 14.5. The first-order valence-corrected chi connectivity index (χ1v) is 12.8. The van der Waals surface area contributed by atoms with Crippen LogP contribution in [0.2, 0.25) is 0 Å². The molecule has 3 heterocycles. The number of methoxy groups -OCH3 is 1. The molecular formula is C28H19F5N6O4. The molecule has 0 unspecified atom stereocenters. The highest BCUT2D eigenvalue weighted by Gasteiger charge is 2.57. The number of fused-ring (bicyclic) bond motifs is 1. The monoisotopic (exact) mass is 598 g/mol. The summed E-state index contributed by atoms with van der Waals surface area (Å²) in [6, 6.07) is 12.2. The van der Waals surface area contributed by atoms with Crippen molar-refractivity contribution in [2.75, 3.05) is 18.6 Å². The molecule has 3 aromatic rings. The van der Waals surface area contributed by atoms with Crippen LogP contribution < -0.4 is 9.64 Å². The molecule has 3 amide bonds. The normalized spacial score (nSPS) is 21.1. The van der Waals surface area contributed by atoms with Crippen molar-refractivity contribution in [1.29, 1.82) is 0 Å². The van der Waals surface area contributed by atoms with Crippen LogP contribution in [-0.4, -0.2) is 59.2 Å². The van der Waals surface area contributed by atoms with Crippen LogP contribution in [0.5, 0.6) is 5.75 Å². The SMILES string of the molecule is COc1ccc([C@H]2CC(c3ccccc3)=NN2C(=O)CN2N=N[C@@H]3C(=O)N(c4c(F)c(F)c(F)c(F)c4F)C(=O)[C@H]32)cc1. The standard InChI is InChI=1S/C28H19F5N6O4/c1-43-15-9-7-14(8-10-15)17-11-16(13-5-3-2-4-6-13)35-39(17)18(40)12-37-26-24(34-36-37)27(41)38(28(26)42)25-22(32)20(30)19(29)21(31)23(25)33/h2-10,17,24,26H,11-12H2,1H3/t17-,24+,26+/m1/s1. The summed E-state index contributed by atoms with van der Waals surface area (Å²) in [5, 5.41) is 14.0. The Hall–Kier alpha value is -5.21. The highest BCUT2D eigenvalue weighted by Crippen LogP contribution is 2.38. The summed E-state index contributed by atoms with van der Waals surface area (Å²) >= 11 is 0. The molecule has 15 heteroatoms. The third kappa shape index (κ3) is 4.47. The van der Waals surface area contributed by atoms with Crippen molar-refractivity contribution in [3.05, 3.63) is 94.8 Å². The Bertz CT molecular complexity index is 1690. The molecule has 0 saturated carbocycles. The Labute approximate surface area is 239 Å². The molecule has 0 aliphatic carbocycles. The summed E-state index contributed by atoms with van der Waals surface area (Å²) in [4.78, 5) is 39.6. The maximum Gasteiger partial charge on any atom is 0.264 e. The molecule has 3 aromatic carbocycles. The Morgan fingerprint density at radius 2 is 1.51 bits per heavy atom. The van der Waals surface area contributed by atoms with Crippen molar-refractivity contribution < 1.29 is 41.1 Å². The fourth-order valence-electron chi connectivity index (χ4n) is 5.21. The Morgan fingerprint density at radius 3 is 2.14 bits per heavy atom. The second-order valence-electron chi connectivity index (χ2n) is 9.77. The van der Waals surface area contributed by atoms with Gasteiger partial charge in [-0.05, 0) is 23.3 Å². The molecule has 1 saturated heterocycles. The lowest BCUT2D eigenvalue weighted by molar-refractivity contribution is -0.135. The molecule has 1 fully saturated rings. The average Bonchev–Trinajstić information content (AvgIpc) is 3.72. The molecule has 0 aromatic heterocycles. The number of hydrogen-bond donors (Lipinski definition) is 0. The molecule has 3 aliphatic heterocycles. The van der Waals surface area contributed by atoms with Crippen LogP contribution >= 0.6 is 0 Å². The zero-order valence-electron chi connectivity index (χ0n) is 22.0. The molecule has 6 rings (SSSR count).